The predicted octanol–water partition coefficient (Wildman–Crippen LogP) is 3.74. The molecule has 2 aromatic carbocycles. The molecule has 0 aromatic heterocycles. The normalized spacial score (nSPS) is 15.4. The number of nitrogens with zero attached hydrogens (tertiary/aromatic N) is 1. The summed E-state index contributed by atoms with van der Waals surface area (Å²) < 4.78 is 33.8. The molecule has 0 bridgehead atoms. The molecular formula is C20H23F2N3O2. The number of anilines is 3. The molecule has 0 aliphatic carbocycles. The smallest absolute Gasteiger partial charge is 0.237 e. The fraction of sp³-hybridized carbons (Fsp3) is 0.350. The van der Waals surface area contributed by atoms with Crippen LogP contribution in [0.25, 0.3) is 0 Å². The van der Waals surface area contributed by atoms with Crippen molar-refractivity contribution in [2.75, 3.05) is 16.4 Å². The summed E-state index contributed by atoms with van der Waals surface area (Å²) in [6, 6.07) is 5.67. The molecule has 0 unspecified atom stereocenters. The Labute approximate surface area is 156 Å². The zero-order valence-electron chi connectivity index (χ0n) is 15.8. The first-order valence-corrected chi connectivity index (χ1v) is 8.68. The summed E-state index contributed by atoms with van der Waals surface area (Å²) in [6.07, 6.45) is -0.360. The number of fused-ring (bicyclic) bond motifs is 1. The Hall–Kier alpha value is -2.83. The van der Waals surface area contributed by atoms with Crippen molar-refractivity contribution >= 4 is 23.0 Å². The van der Waals surface area contributed by atoms with Gasteiger partial charge in [0.05, 0.1) is 35.1 Å². The molecule has 27 heavy (non-hydrogen) atoms. The molecule has 0 saturated carbocycles. The highest BCUT2D eigenvalue weighted by Crippen LogP contribution is 2.45. The van der Waals surface area contributed by atoms with Crippen molar-refractivity contribution in [2.45, 2.75) is 45.8 Å². The lowest BCUT2D eigenvalue weighted by atomic mass is 9.86. The van der Waals surface area contributed by atoms with E-state index < -0.39 is 22.8 Å². The van der Waals surface area contributed by atoms with E-state index in [-0.39, 0.29) is 18.6 Å². The number of benzene rings is 2. The average molecular weight is 375 g/mol. The SMILES string of the molecule is CC(C)Oc1c(F)cc(CN2C(=O)C(C)(C)c3cc(N)c(N)cc32)cc1F. The van der Waals surface area contributed by atoms with Gasteiger partial charge in [-0.05, 0) is 63.1 Å². The Bertz CT molecular complexity index is 903. The van der Waals surface area contributed by atoms with Crippen molar-refractivity contribution in [1.29, 1.82) is 0 Å². The van der Waals surface area contributed by atoms with Crippen LogP contribution in [-0.4, -0.2) is 12.0 Å². The summed E-state index contributed by atoms with van der Waals surface area (Å²) in [5.41, 5.74) is 13.4. The molecule has 1 heterocycles. The zero-order valence-corrected chi connectivity index (χ0v) is 15.8. The van der Waals surface area contributed by atoms with Crippen LogP contribution < -0.4 is 21.1 Å². The maximum atomic E-state index is 14.3. The maximum Gasteiger partial charge on any atom is 0.237 e. The second-order valence-corrected chi connectivity index (χ2v) is 7.57. The highest BCUT2D eigenvalue weighted by Gasteiger charge is 2.44. The largest absolute Gasteiger partial charge is 0.485 e. The van der Waals surface area contributed by atoms with Crippen molar-refractivity contribution in [1.82, 2.24) is 0 Å². The summed E-state index contributed by atoms with van der Waals surface area (Å²) >= 11 is 0. The van der Waals surface area contributed by atoms with E-state index in [4.69, 9.17) is 16.2 Å². The zero-order chi connectivity index (χ0) is 20.1. The van der Waals surface area contributed by atoms with Gasteiger partial charge in [0.2, 0.25) is 5.91 Å². The van der Waals surface area contributed by atoms with Gasteiger partial charge in [0.25, 0.3) is 0 Å². The van der Waals surface area contributed by atoms with Gasteiger partial charge < -0.3 is 21.1 Å². The van der Waals surface area contributed by atoms with E-state index in [9.17, 15) is 13.6 Å². The lowest BCUT2D eigenvalue weighted by Gasteiger charge is -2.21. The van der Waals surface area contributed by atoms with Crippen LogP contribution in [0.4, 0.5) is 25.8 Å². The molecule has 1 aliphatic rings. The summed E-state index contributed by atoms with van der Waals surface area (Å²) in [7, 11) is 0. The molecule has 2 aromatic rings. The molecule has 3 rings (SSSR count). The van der Waals surface area contributed by atoms with Gasteiger partial charge in [0, 0.05) is 0 Å². The van der Waals surface area contributed by atoms with Crippen molar-refractivity contribution in [3.63, 3.8) is 0 Å². The van der Waals surface area contributed by atoms with Crippen molar-refractivity contribution in [3.05, 3.63) is 47.0 Å². The van der Waals surface area contributed by atoms with Crippen molar-refractivity contribution < 1.29 is 18.3 Å². The van der Waals surface area contributed by atoms with E-state index in [1.54, 1.807) is 39.8 Å². The number of rotatable bonds is 4. The van der Waals surface area contributed by atoms with Crippen LogP contribution >= 0.6 is 0 Å². The summed E-state index contributed by atoms with van der Waals surface area (Å²) in [5.74, 6) is -2.21. The first-order chi connectivity index (χ1) is 12.5. The topological polar surface area (TPSA) is 81.6 Å². The highest BCUT2D eigenvalue weighted by molar-refractivity contribution is 6.08. The van der Waals surface area contributed by atoms with Gasteiger partial charge in [0.1, 0.15) is 0 Å². The van der Waals surface area contributed by atoms with Gasteiger partial charge in [0.15, 0.2) is 17.4 Å². The van der Waals surface area contributed by atoms with Crippen LogP contribution in [0, 0.1) is 11.6 Å². The summed E-state index contributed by atoms with van der Waals surface area (Å²) in [6.45, 7) is 6.94. The van der Waals surface area contributed by atoms with E-state index in [0.29, 0.717) is 22.6 Å². The Kier molecular flexibility index (Phi) is 4.49. The maximum absolute atomic E-state index is 14.3. The standard InChI is InChI=1S/C20H23F2N3O2/c1-10(2)27-18-13(21)5-11(6-14(18)22)9-25-17-8-16(24)15(23)7-12(17)20(3,4)19(25)26/h5-8,10H,9,23-24H2,1-4H3. The Morgan fingerprint density at radius 2 is 1.63 bits per heavy atom. The molecule has 0 atom stereocenters. The van der Waals surface area contributed by atoms with Crippen molar-refractivity contribution in [3.8, 4) is 5.75 Å². The van der Waals surface area contributed by atoms with Gasteiger partial charge in [-0.1, -0.05) is 0 Å². The van der Waals surface area contributed by atoms with Crippen LogP contribution in [0.5, 0.6) is 5.75 Å². The summed E-state index contributed by atoms with van der Waals surface area (Å²) in [4.78, 5) is 14.4. The first kappa shape index (κ1) is 18.9. The minimum Gasteiger partial charge on any atom is -0.485 e. The lowest BCUT2D eigenvalue weighted by Crippen LogP contribution is -2.35. The number of hydrogen-bond acceptors (Lipinski definition) is 4. The van der Waals surface area contributed by atoms with Gasteiger partial charge >= 0.3 is 0 Å². The number of ether oxygens (including phenoxy) is 1. The molecule has 0 saturated heterocycles. The molecule has 1 amide bonds. The van der Waals surface area contributed by atoms with Crippen LogP contribution in [0.3, 0.4) is 0 Å². The third-order valence-corrected chi connectivity index (χ3v) is 4.70. The number of halogens is 2. The first-order valence-electron chi connectivity index (χ1n) is 8.68. The predicted molar refractivity (Wildman–Crippen MR) is 102 cm³/mol. The molecule has 4 N–H and O–H groups in total. The van der Waals surface area contributed by atoms with Crippen LogP contribution in [-0.2, 0) is 16.8 Å². The second kappa shape index (κ2) is 6.40. The Morgan fingerprint density at radius 3 is 2.19 bits per heavy atom. The third-order valence-electron chi connectivity index (χ3n) is 4.70. The second-order valence-electron chi connectivity index (χ2n) is 7.57. The number of hydrogen-bond donors (Lipinski definition) is 2. The van der Waals surface area contributed by atoms with E-state index in [1.165, 1.54) is 17.0 Å². The lowest BCUT2D eigenvalue weighted by molar-refractivity contribution is -0.122. The van der Waals surface area contributed by atoms with E-state index in [0.717, 1.165) is 5.56 Å². The molecule has 1 aliphatic heterocycles. The molecular weight excluding hydrogens is 352 g/mol. The van der Waals surface area contributed by atoms with Gasteiger partial charge in [-0.25, -0.2) is 8.78 Å². The van der Waals surface area contributed by atoms with E-state index >= 15 is 0 Å². The van der Waals surface area contributed by atoms with Gasteiger partial charge in [-0.3, -0.25) is 4.79 Å². The number of nitrogens with two attached hydrogens (primary N) is 2. The monoisotopic (exact) mass is 375 g/mol. The minimum absolute atomic E-state index is 0.00835. The average Bonchev–Trinajstić information content (AvgIpc) is 2.73. The molecule has 144 valence electrons. The third kappa shape index (κ3) is 3.18. The molecule has 7 heteroatoms. The van der Waals surface area contributed by atoms with Crippen molar-refractivity contribution in [2.24, 2.45) is 0 Å². The fourth-order valence-electron chi connectivity index (χ4n) is 3.30. The van der Waals surface area contributed by atoms with E-state index in [1.807, 2.05) is 0 Å². The highest BCUT2D eigenvalue weighted by atomic mass is 19.1. The molecule has 0 fully saturated rings. The quantitative estimate of drug-likeness (QED) is 0.798. The number of amides is 1. The molecule has 0 radical (unpaired) electrons. The number of carbonyl (C=O) groups excluding carboxylic acids is 1. The van der Waals surface area contributed by atoms with Crippen LogP contribution in [0.2, 0.25) is 0 Å². The van der Waals surface area contributed by atoms with Gasteiger partial charge in [-0.2, -0.15) is 0 Å². The minimum atomic E-state index is -0.811. The van der Waals surface area contributed by atoms with Crippen LogP contribution in [0.15, 0.2) is 24.3 Å². The van der Waals surface area contributed by atoms with Crippen LogP contribution in [0.1, 0.15) is 38.8 Å². The molecule has 5 nitrogen and oxygen atoms in total. The molecule has 0 spiro atoms. The van der Waals surface area contributed by atoms with Gasteiger partial charge in [-0.15, -0.1) is 0 Å². The fourth-order valence-corrected chi connectivity index (χ4v) is 3.30. The number of carbonyl (C=O) groups is 1. The van der Waals surface area contributed by atoms with E-state index in [2.05, 4.69) is 0 Å². The summed E-state index contributed by atoms with van der Waals surface area (Å²) in [5, 5.41) is 0. The Balaban J connectivity index is 2.00. The Morgan fingerprint density at radius 1 is 1.07 bits per heavy atom. The number of nitrogen functional groups attached to an aromatic ring is 2.